The van der Waals surface area contributed by atoms with Gasteiger partial charge in [0, 0.05) is 12.6 Å². The second-order valence-corrected chi connectivity index (χ2v) is 4.86. The van der Waals surface area contributed by atoms with Gasteiger partial charge in [0.1, 0.15) is 5.82 Å². The third kappa shape index (κ3) is 4.37. The highest BCUT2D eigenvalue weighted by Gasteiger charge is 2.16. The quantitative estimate of drug-likeness (QED) is 0.872. The van der Waals surface area contributed by atoms with E-state index in [4.69, 9.17) is 4.74 Å². The van der Waals surface area contributed by atoms with E-state index in [9.17, 15) is 4.39 Å². The zero-order valence-corrected chi connectivity index (χ0v) is 12.1. The van der Waals surface area contributed by atoms with Gasteiger partial charge in [-0.05, 0) is 60.9 Å². The number of hydrogen-bond donors (Lipinski definition) is 1. The maximum atomic E-state index is 13.1. The number of halogens is 2. The summed E-state index contributed by atoms with van der Waals surface area (Å²) in [4.78, 5) is 0. The van der Waals surface area contributed by atoms with Crippen molar-refractivity contribution in [1.29, 1.82) is 0 Å². The number of nitrogens with one attached hydrogen (secondary N) is 1. The Morgan fingerprint density at radius 3 is 2.71 bits per heavy atom. The predicted molar refractivity (Wildman–Crippen MR) is 71.7 cm³/mol. The Labute approximate surface area is 111 Å². The minimum atomic E-state index is -0.229. The van der Waals surface area contributed by atoms with E-state index < -0.39 is 0 Å². The van der Waals surface area contributed by atoms with Crippen LogP contribution in [-0.2, 0) is 11.2 Å². The average molecular weight is 304 g/mol. The van der Waals surface area contributed by atoms with Crippen LogP contribution in [0.25, 0.3) is 0 Å². The molecule has 4 heteroatoms. The highest BCUT2D eigenvalue weighted by molar-refractivity contribution is 9.10. The van der Waals surface area contributed by atoms with E-state index >= 15 is 0 Å². The molecule has 0 radical (unpaired) electrons. The van der Waals surface area contributed by atoms with Crippen LogP contribution in [0.15, 0.2) is 22.7 Å². The van der Waals surface area contributed by atoms with Crippen LogP contribution in [0.5, 0.6) is 0 Å². The van der Waals surface area contributed by atoms with E-state index in [-0.39, 0.29) is 18.0 Å². The van der Waals surface area contributed by atoms with E-state index in [1.165, 1.54) is 6.07 Å². The van der Waals surface area contributed by atoms with Gasteiger partial charge in [-0.3, -0.25) is 0 Å². The SMILES string of the molecule is CCOC(C)C(Cc1ccc(F)c(Br)c1)NC. The fourth-order valence-corrected chi connectivity index (χ4v) is 2.23. The zero-order chi connectivity index (χ0) is 12.8. The number of ether oxygens (including phenoxy) is 1. The van der Waals surface area contributed by atoms with Crippen LogP contribution in [0.4, 0.5) is 4.39 Å². The van der Waals surface area contributed by atoms with Crippen LogP contribution in [0.1, 0.15) is 19.4 Å². The van der Waals surface area contributed by atoms with Gasteiger partial charge < -0.3 is 10.1 Å². The first-order valence-electron chi connectivity index (χ1n) is 5.81. The molecule has 2 unspecified atom stereocenters. The molecule has 17 heavy (non-hydrogen) atoms. The number of likely N-dealkylation sites (N-methyl/N-ethyl adjacent to an activating group) is 1. The van der Waals surface area contributed by atoms with Crippen molar-refractivity contribution in [2.45, 2.75) is 32.4 Å². The van der Waals surface area contributed by atoms with Crippen molar-refractivity contribution in [3.63, 3.8) is 0 Å². The Morgan fingerprint density at radius 2 is 2.18 bits per heavy atom. The van der Waals surface area contributed by atoms with Gasteiger partial charge in [-0.25, -0.2) is 4.39 Å². The molecule has 0 fully saturated rings. The number of benzene rings is 1. The smallest absolute Gasteiger partial charge is 0.137 e. The third-order valence-electron chi connectivity index (χ3n) is 2.81. The largest absolute Gasteiger partial charge is 0.377 e. The first-order valence-corrected chi connectivity index (χ1v) is 6.60. The molecule has 1 N–H and O–H groups in total. The second kappa shape index (κ2) is 7.09. The van der Waals surface area contributed by atoms with Gasteiger partial charge in [-0.2, -0.15) is 0 Å². The fourth-order valence-electron chi connectivity index (χ4n) is 1.80. The molecule has 0 aliphatic rings. The van der Waals surface area contributed by atoms with Gasteiger partial charge in [-0.1, -0.05) is 6.07 Å². The van der Waals surface area contributed by atoms with E-state index in [1.807, 2.05) is 33.0 Å². The first kappa shape index (κ1) is 14.6. The van der Waals surface area contributed by atoms with Crippen molar-refractivity contribution in [3.8, 4) is 0 Å². The van der Waals surface area contributed by atoms with E-state index in [1.54, 1.807) is 0 Å². The summed E-state index contributed by atoms with van der Waals surface area (Å²) in [5.74, 6) is -0.229. The Balaban J connectivity index is 2.70. The van der Waals surface area contributed by atoms with Crippen LogP contribution >= 0.6 is 15.9 Å². The van der Waals surface area contributed by atoms with Crippen molar-refractivity contribution < 1.29 is 9.13 Å². The minimum absolute atomic E-state index is 0.133. The van der Waals surface area contributed by atoms with Gasteiger partial charge in [0.05, 0.1) is 10.6 Å². The minimum Gasteiger partial charge on any atom is -0.377 e. The molecule has 0 saturated carbocycles. The molecule has 0 aromatic heterocycles. The van der Waals surface area contributed by atoms with Crippen LogP contribution in [0, 0.1) is 5.82 Å². The van der Waals surface area contributed by atoms with Gasteiger partial charge in [0.2, 0.25) is 0 Å². The van der Waals surface area contributed by atoms with Crippen molar-refractivity contribution in [1.82, 2.24) is 5.32 Å². The lowest BCUT2D eigenvalue weighted by Gasteiger charge is -2.23. The summed E-state index contributed by atoms with van der Waals surface area (Å²) in [7, 11) is 1.92. The summed E-state index contributed by atoms with van der Waals surface area (Å²) in [5, 5.41) is 3.24. The Hall–Kier alpha value is -0.450. The van der Waals surface area contributed by atoms with Crippen molar-refractivity contribution in [2.75, 3.05) is 13.7 Å². The molecular formula is C13H19BrFNO. The molecule has 0 saturated heterocycles. The van der Waals surface area contributed by atoms with Crippen LogP contribution in [0.3, 0.4) is 0 Å². The summed E-state index contributed by atoms with van der Waals surface area (Å²) in [6, 6.07) is 5.34. The normalized spacial score (nSPS) is 14.6. The summed E-state index contributed by atoms with van der Waals surface area (Å²) >= 11 is 3.20. The standard InChI is InChI=1S/C13H19BrFNO/c1-4-17-9(2)13(16-3)8-10-5-6-12(15)11(14)7-10/h5-7,9,13,16H,4,8H2,1-3H3. The Bertz CT molecular complexity index is 359. The zero-order valence-electron chi connectivity index (χ0n) is 10.5. The van der Waals surface area contributed by atoms with E-state index in [0.29, 0.717) is 11.1 Å². The topological polar surface area (TPSA) is 21.3 Å². The molecule has 1 rings (SSSR count). The average Bonchev–Trinajstić information content (AvgIpc) is 2.30. The lowest BCUT2D eigenvalue weighted by atomic mass is 10.0. The number of hydrogen-bond acceptors (Lipinski definition) is 2. The Kier molecular flexibility index (Phi) is 6.09. The van der Waals surface area contributed by atoms with E-state index in [2.05, 4.69) is 21.2 Å². The summed E-state index contributed by atoms with van der Waals surface area (Å²) in [6.45, 7) is 4.73. The summed E-state index contributed by atoms with van der Waals surface area (Å²) in [5.41, 5.74) is 1.09. The molecular weight excluding hydrogens is 285 g/mol. The highest BCUT2D eigenvalue weighted by Crippen LogP contribution is 2.18. The van der Waals surface area contributed by atoms with Crippen LogP contribution in [-0.4, -0.2) is 25.8 Å². The molecule has 0 bridgehead atoms. The Morgan fingerprint density at radius 1 is 1.47 bits per heavy atom. The van der Waals surface area contributed by atoms with E-state index in [0.717, 1.165) is 12.0 Å². The predicted octanol–water partition coefficient (Wildman–Crippen LogP) is 3.14. The molecule has 96 valence electrons. The molecule has 0 spiro atoms. The molecule has 0 aliphatic carbocycles. The van der Waals surface area contributed by atoms with Crippen molar-refractivity contribution in [2.24, 2.45) is 0 Å². The van der Waals surface area contributed by atoms with Crippen molar-refractivity contribution in [3.05, 3.63) is 34.1 Å². The maximum Gasteiger partial charge on any atom is 0.137 e. The van der Waals surface area contributed by atoms with Gasteiger partial charge >= 0.3 is 0 Å². The van der Waals surface area contributed by atoms with Gasteiger partial charge in [0.25, 0.3) is 0 Å². The fraction of sp³-hybridized carbons (Fsp3) is 0.538. The molecule has 1 aromatic carbocycles. The monoisotopic (exact) mass is 303 g/mol. The third-order valence-corrected chi connectivity index (χ3v) is 3.41. The number of rotatable bonds is 6. The molecule has 0 amide bonds. The molecule has 0 aliphatic heterocycles. The van der Waals surface area contributed by atoms with Crippen molar-refractivity contribution >= 4 is 15.9 Å². The second-order valence-electron chi connectivity index (χ2n) is 4.01. The molecule has 2 nitrogen and oxygen atoms in total. The van der Waals surface area contributed by atoms with Crippen LogP contribution in [0.2, 0.25) is 0 Å². The van der Waals surface area contributed by atoms with Gasteiger partial charge in [0.15, 0.2) is 0 Å². The summed E-state index contributed by atoms with van der Waals surface area (Å²) < 4.78 is 19.2. The van der Waals surface area contributed by atoms with Crippen LogP contribution < -0.4 is 5.32 Å². The molecule has 1 aromatic rings. The van der Waals surface area contributed by atoms with Gasteiger partial charge in [-0.15, -0.1) is 0 Å². The molecule has 2 atom stereocenters. The highest BCUT2D eigenvalue weighted by atomic mass is 79.9. The lowest BCUT2D eigenvalue weighted by molar-refractivity contribution is 0.0496. The molecule has 0 heterocycles. The first-order chi connectivity index (χ1) is 8.08. The lowest BCUT2D eigenvalue weighted by Crippen LogP contribution is -2.39. The summed E-state index contributed by atoms with van der Waals surface area (Å²) in [6.07, 6.45) is 0.949. The maximum absolute atomic E-state index is 13.1.